The van der Waals surface area contributed by atoms with Gasteiger partial charge in [-0.3, -0.25) is 0 Å². The fourth-order valence-corrected chi connectivity index (χ4v) is 2.46. The van der Waals surface area contributed by atoms with Gasteiger partial charge in [0.1, 0.15) is 5.82 Å². The zero-order valence-electron chi connectivity index (χ0n) is 9.08. The highest BCUT2D eigenvalue weighted by molar-refractivity contribution is 5.60. The van der Waals surface area contributed by atoms with Gasteiger partial charge in [-0.15, -0.1) is 5.16 Å². The minimum atomic E-state index is 0.634. The number of fused-ring (bicyclic) bond motifs is 1. The van der Waals surface area contributed by atoms with E-state index in [-0.39, 0.29) is 0 Å². The van der Waals surface area contributed by atoms with E-state index in [1.807, 2.05) is 12.3 Å². The number of nitrogens with zero attached hydrogens (tertiary/aromatic N) is 3. The Morgan fingerprint density at radius 1 is 1.44 bits per heavy atom. The van der Waals surface area contributed by atoms with Crippen molar-refractivity contribution in [2.24, 2.45) is 17.0 Å². The maximum Gasteiger partial charge on any atom is 0.128 e. The second-order valence-corrected chi connectivity index (χ2v) is 4.69. The zero-order chi connectivity index (χ0) is 11.0. The average molecular weight is 217 g/mol. The monoisotopic (exact) mass is 217 g/mol. The lowest BCUT2D eigenvalue weighted by molar-refractivity contribution is 0.321. The molecule has 1 saturated heterocycles. The molecule has 0 amide bonds. The Morgan fingerprint density at radius 2 is 2.25 bits per heavy atom. The van der Waals surface area contributed by atoms with E-state index in [9.17, 15) is 0 Å². The fraction of sp³-hybridized carbons (Fsp3) is 0.500. The van der Waals surface area contributed by atoms with Gasteiger partial charge in [0.2, 0.25) is 0 Å². The predicted molar refractivity (Wildman–Crippen MR) is 62.0 cm³/mol. The predicted octanol–water partition coefficient (Wildman–Crippen LogP) is 1.54. The van der Waals surface area contributed by atoms with Crippen LogP contribution in [-0.4, -0.2) is 29.5 Å². The number of oxime groups is 1. The SMILES string of the molecule is ON=CCc1ccc(N2CC3CC3C2)nc1. The third kappa shape index (κ3) is 1.75. The van der Waals surface area contributed by atoms with Crippen molar-refractivity contribution in [1.29, 1.82) is 0 Å². The minimum Gasteiger partial charge on any atom is -0.411 e. The summed E-state index contributed by atoms with van der Waals surface area (Å²) < 4.78 is 0. The van der Waals surface area contributed by atoms with Gasteiger partial charge in [0.15, 0.2) is 0 Å². The van der Waals surface area contributed by atoms with Gasteiger partial charge in [-0.25, -0.2) is 4.98 Å². The van der Waals surface area contributed by atoms with Crippen LogP contribution in [0.15, 0.2) is 23.5 Å². The topological polar surface area (TPSA) is 48.7 Å². The minimum absolute atomic E-state index is 0.634. The molecule has 16 heavy (non-hydrogen) atoms. The number of aromatic nitrogens is 1. The molecule has 4 nitrogen and oxygen atoms in total. The van der Waals surface area contributed by atoms with Crippen LogP contribution in [0.25, 0.3) is 0 Å². The molecule has 0 aromatic carbocycles. The summed E-state index contributed by atoms with van der Waals surface area (Å²) in [5.74, 6) is 2.95. The maximum absolute atomic E-state index is 8.33. The van der Waals surface area contributed by atoms with Crippen molar-refractivity contribution in [2.75, 3.05) is 18.0 Å². The first kappa shape index (κ1) is 9.63. The lowest BCUT2D eigenvalue weighted by Crippen LogP contribution is -2.22. The van der Waals surface area contributed by atoms with E-state index < -0.39 is 0 Å². The van der Waals surface area contributed by atoms with Crippen LogP contribution in [0.5, 0.6) is 0 Å². The highest BCUT2D eigenvalue weighted by Gasteiger charge is 2.45. The van der Waals surface area contributed by atoms with E-state index in [1.165, 1.54) is 25.7 Å². The van der Waals surface area contributed by atoms with Gasteiger partial charge >= 0.3 is 0 Å². The van der Waals surface area contributed by atoms with E-state index >= 15 is 0 Å². The average Bonchev–Trinajstić information content (AvgIpc) is 2.94. The smallest absolute Gasteiger partial charge is 0.128 e. The van der Waals surface area contributed by atoms with Gasteiger partial charge in [0, 0.05) is 31.9 Å². The standard InChI is InChI=1S/C12H15N3O/c16-14-4-3-9-1-2-12(13-6-9)15-7-10-5-11(10)8-15/h1-2,4,6,10-11,16H,3,5,7-8H2. The van der Waals surface area contributed by atoms with Crippen molar-refractivity contribution in [2.45, 2.75) is 12.8 Å². The first-order chi connectivity index (χ1) is 7.86. The molecule has 1 aromatic heterocycles. The number of rotatable bonds is 3. The number of hydrogen-bond acceptors (Lipinski definition) is 4. The summed E-state index contributed by atoms with van der Waals surface area (Å²) >= 11 is 0. The van der Waals surface area contributed by atoms with Crippen molar-refractivity contribution >= 4 is 12.0 Å². The molecule has 4 heteroatoms. The first-order valence-corrected chi connectivity index (χ1v) is 5.72. The summed E-state index contributed by atoms with van der Waals surface area (Å²) in [6, 6.07) is 4.11. The summed E-state index contributed by atoms with van der Waals surface area (Å²) in [6.45, 7) is 2.35. The van der Waals surface area contributed by atoms with E-state index in [2.05, 4.69) is 21.1 Å². The van der Waals surface area contributed by atoms with Crippen molar-refractivity contribution in [3.8, 4) is 0 Å². The van der Waals surface area contributed by atoms with E-state index in [1.54, 1.807) is 0 Å². The van der Waals surface area contributed by atoms with Crippen LogP contribution in [0, 0.1) is 11.8 Å². The van der Waals surface area contributed by atoms with Crippen LogP contribution in [0.4, 0.5) is 5.82 Å². The number of pyridine rings is 1. The Balaban J connectivity index is 1.67. The van der Waals surface area contributed by atoms with Gasteiger partial charge in [0.25, 0.3) is 0 Å². The zero-order valence-corrected chi connectivity index (χ0v) is 9.08. The molecule has 0 spiro atoms. The molecule has 2 heterocycles. The molecule has 1 aliphatic heterocycles. The molecule has 0 radical (unpaired) electrons. The second kappa shape index (κ2) is 3.77. The number of piperidine rings is 1. The van der Waals surface area contributed by atoms with Crippen LogP contribution in [0.1, 0.15) is 12.0 Å². The van der Waals surface area contributed by atoms with Gasteiger partial charge in [-0.1, -0.05) is 6.07 Å². The largest absolute Gasteiger partial charge is 0.411 e. The normalized spacial score (nSPS) is 27.4. The van der Waals surface area contributed by atoms with Crippen LogP contribution in [0.2, 0.25) is 0 Å². The number of anilines is 1. The molecule has 1 saturated carbocycles. The third-order valence-electron chi connectivity index (χ3n) is 3.52. The van der Waals surface area contributed by atoms with E-state index in [0.29, 0.717) is 6.42 Å². The molecular weight excluding hydrogens is 202 g/mol. The summed E-state index contributed by atoms with van der Waals surface area (Å²) in [4.78, 5) is 6.82. The van der Waals surface area contributed by atoms with E-state index in [0.717, 1.165) is 23.2 Å². The molecule has 0 bridgehead atoms. The van der Waals surface area contributed by atoms with Crippen LogP contribution >= 0.6 is 0 Å². The number of hydrogen-bond donors (Lipinski definition) is 1. The summed E-state index contributed by atoms with van der Waals surface area (Å²) in [5, 5.41) is 11.3. The molecular formula is C12H15N3O. The lowest BCUT2D eigenvalue weighted by atomic mass is 10.2. The van der Waals surface area contributed by atoms with Gasteiger partial charge in [-0.05, 0) is 29.9 Å². The molecule has 3 rings (SSSR count). The fourth-order valence-electron chi connectivity index (χ4n) is 2.46. The Morgan fingerprint density at radius 3 is 2.88 bits per heavy atom. The van der Waals surface area contributed by atoms with Crippen LogP contribution in [0.3, 0.4) is 0 Å². The van der Waals surface area contributed by atoms with Crippen LogP contribution < -0.4 is 4.90 Å². The van der Waals surface area contributed by atoms with E-state index in [4.69, 9.17) is 5.21 Å². The molecule has 1 aromatic rings. The Kier molecular flexibility index (Phi) is 2.27. The maximum atomic E-state index is 8.33. The Bertz CT molecular complexity index is 391. The van der Waals surface area contributed by atoms with Gasteiger partial charge in [0.05, 0.1) is 0 Å². The first-order valence-electron chi connectivity index (χ1n) is 5.72. The highest BCUT2D eigenvalue weighted by Crippen LogP contribution is 2.45. The Hall–Kier alpha value is -1.58. The summed E-state index contributed by atoms with van der Waals surface area (Å²) in [7, 11) is 0. The highest BCUT2D eigenvalue weighted by atomic mass is 16.4. The van der Waals surface area contributed by atoms with Crippen molar-refractivity contribution in [3.63, 3.8) is 0 Å². The molecule has 1 N–H and O–H groups in total. The molecule has 2 aliphatic rings. The molecule has 1 aliphatic carbocycles. The van der Waals surface area contributed by atoms with Crippen molar-refractivity contribution in [1.82, 2.24) is 4.98 Å². The quantitative estimate of drug-likeness (QED) is 0.474. The third-order valence-corrected chi connectivity index (χ3v) is 3.52. The lowest BCUT2D eigenvalue weighted by Gasteiger charge is -2.18. The Labute approximate surface area is 94.6 Å². The summed E-state index contributed by atoms with van der Waals surface area (Å²) in [6.07, 6.45) is 5.39. The molecule has 2 fully saturated rings. The summed E-state index contributed by atoms with van der Waals surface area (Å²) in [5.41, 5.74) is 1.07. The van der Waals surface area contributed by atoms with Crippen molar-refractivity contribution in [3.05, 3.63) is 23.9 Å². The second-order valence-electron chi connectivity index (χ2n) is 4.69. The molecule has 84 valence electrons. The van der Waals surface area contributed by atoms with Crippen LogP contribution in [-0.2, 0) is 6.42 Å². The molecule has 2 unspecified atom stereocenters. The molecule has 2 atom stereocenters. The van der Waals surface area contributed by atoms with Crippen molar-refractivity contribution < 1.29 is 5.21 Å². The van der Waals surface area contributed by atoms with Gasteiger partial charge < -0.3 is 10.1 Å². The van der Waals surface area contributed by atoms with Gasteiger partial charge in [-0.2, -0.15) is 0 Å².